The summed E-state index contributed by atoms with van der Waals surface area (Å²) in [5.74, 6) is 0. The first kappa shape index (κ1) is 5.38. The maximum absolute atomic E-state index is 5.08. The van der Waals surface area contributed by atoms with Gasteiger partial charge in [0.15, 0.2) is 0 Å². The Morgan fingerprint density at radius 1 is 1.89 bits per heavy atom. The van der Waals surface area contributed by atoms with Gasteiger partial charge in [0.05, 0.1) is 16.5 Å². The van der Waals surface area contributed by atoms with E-state index in [0.717, 1.165) is 11.6 Å². The number of thiazole rings is 1. The topological polar surface area (TPSA) is 25.4 Å². The van der Waals surface area contributed by atoms with Gasteiger partial charge in [-0.3, -0.25) is 0 Å². The summed E-state index contributed by atoms with van der Waals surface area (Å²) in [4.78, 5) is 5.39. The summed E-state index contributed by atoms with van der Waals surface area (Å²) in [5, 5.41) is 1.13. The number of rotatable bonds is 1. The fourth-order valence-electron chi connectivity index (χ4n) is 0.739. The first-order valence-corrected chi connectivity index (χ1v) is 3.72. The van der Waals surface area contributed by atoms with Crippen LogP contribution in [0.2, 0.25) is 0 Å². The molecule has 0 bridgehead atoms. The SMILES string of the molecule is Cc1ncc(C2CO2)s1. The minimum atomic E-state index is 0.385. The van der Waals surface area contributed by atoms with E-state index in [1.165, 1.54) is 4.88 Å². The fourth-order valence-corrected chi connectivity index (χ4v) is 1.56. The van der Waals surface area contributed by atoms with E-state index in [1.807, 2.05) is 13.1 Å². The Balaban J connectivity index is 2.28. The fraction of sp³-hybridized carbons (Fsp3) is 0.500. The molecule has 1 saturated heterocycles. The summed E-state index contributed by atoms with van der Waals surface area (Å²) < 4.78 is 5.08. The van der Waals surface area contributed by atoms with Crippen molar-refractivity contribution in [2.75, 3.05) is 6.61 Å². The second-order valence-corrected chi connectivity index (χ2v) is 3.37. The van der Waals surface area contributed by atoms with Gasteiger partial charge in [-0.25, -0.2) is 4.98 Å². The molecule has 0 N–H and O–H groups in total. The molecule has 1 fully saturated rings. The van der Waals surface area contributed by atoms with Crippen molar-refractivity contribution in [3.05, 3.63) is 16.1 Å². The molecule has 2 rings (SSSR count). The van der Waals surface area contributed by atoms with Crippen LogP contribution in [-0.2, 0) is 4.74 Å². The Hall–Kier alpha value is -0.410. The van der Waals surface area contributed by atoms with E-state index in [-0.39, 0.29) is 0 Å². The van der Waals surface area contributed by atoms with Crippen LogP contribution in [-0.4, -0.2) is 11.6 Å². The van der Waals surface area contributed by atoms with Gasteiger partial charge in [-0.05, 0) is 6.92 Å². The Labute approximate surface area is 57.5 Å². The van der Waals surface area contributed by atoms with Crippen LogP contribution in [0.1, 0.15) is 16.0 Å². The van der Waals surface area contributed by atoms with Gasteiger partial charge in [-0.1, -0.05) is 0 Å². The van der Waals surface area contributed by atoms with Crippen molar-refractivity contribution in [1.29, 1.82) is 0 Å². The molecule has 2 heterocycles. The first-order valence-electron chi connectivity index (χ1n) is 2.90. The second kappa shape index (κ2) is 1.78. The lowest BCUT2D eigenvalue weighted by atomic mass is 10.4. The van der Waals surface area contributed by atoms with Gasteiger partial charge >= 0.3 is 0 Å². The molecular formula is C6H7NOS. The van der Waals surface area contributed by atoms with E-state index in [4.69, 9.17) is 4.74 Å². The maximum atomic E-state index is 5.08. The van der Waals surface area contributed by atoms with Crippen molar-refractivity contribution in [3.8, 4) is 0 Å². The Bertz CT molecular complexity index is 217. The third-order valence-corrected chi connectivity index (χ3v) is 2.29. The van der Waals surface area contributed by atoms with E-state index in [2.05, 4.69) is 4.98 Å². The Morgan fingerprint density at radius 2 is 2.67 bits per heavy atom. The molecule has 1 aliphatic heterocycles. The van der Waals surface area contributed by atoms with Crippen molar-refractivity contribution >= 4 is 11.3 Å². The van der Waals surface area contributed by atoms with Crippen LogP contribution in [0.25, 0.3) is 0 Å². The quantitative estimate of drug-likeness (QED) is 0.554. The van der Waals surface area contributed by atoms with Crippen molar-refractivity contribution < 1.29 is 4.74 Å². The second-order valence-electron chi connectivity index (χ2n) is 2.10. The minimum absolute atomic E-state index is 0.385. The van der Waals surface area contributed by atoms with Crippen LogP contribution < -0.4 is 0 Å². The van der Waals surface area contributed by atoms with Crippen molar-refractivity contribution in [2.45, 2.75) is 13.0 Å². The van der Waals surface area contributed by atoms with Crippen LogP contribution in [0.5, 0.6) is 0 Å². The molecule has 0 amide bonds. The number of nitrogens with zero attached hydrogens (tertiary/aromatic N) is 1. The average Bonchev–Trinajstić information content (AvgIpc) is 2.58. The lowest BCUT2D eigenvalue weighted by molar-refractivity contribution is 0.418. The van der Waals surface area contributed by atoms with Gasteiger partial charge < -0.3 is 4.74 Å². The lowest BCUT2D eigenvalue weighted by Gasteiger charge is -1.78. The zero-order valence-corrected chi connectivity index (χ0v) is 5.94. The van der Waals surface area contributed by atoms with E-state index in [9.17, 15) is 0 Å². The van der Waals surface area contributed by atoms with E-state index in [0.29, 0.717) is 6.10 Å². The standard InChI is InChI=1S/C6H7NOS/c1-4-7-2-6(9-4)5-3-8-5/h2,5H,3H2,1H3. The summed E-state index contributed by atoms with van der Waals surface area (Å²) >= 11 is 1.72. The summed E-state index contributed by atoms with van der Waals surface area (Å²) in [5.41, 5.74) is 0. The van der Waals surface area contributed by atoms with E-state index < -0.39 is 0 Å². The summed E-state index contributed by atoms with van der Waals surface area (Å²) in [6.07, 6.45) is 2.29. The third kappa shape index (κ3) is 0.976. The highest BCUT2D eigenvalue weighted by Gasteiger charge is 2.26. The molecule has 0 aromatic carbocycles. The summed E-state index contributed by atoms with van der Waals surface area (Å²) in [6.45, 7) is 2.90. The number of epoxide rings is 1. The van der Waals surface area contributed by atoms with Crippen molar-refractivity contribution in [2.24, 2.45) is 0 Å². The van der Waals surface area contributed by atoms with Gasteiger partial charge in [0.25, 0.3) is 0 Å². The number of hydrogen-bond donors (Lipinski definition) is 0. The molecule has 1 unspecified atom stereocenters. The first-order chi connectivity index (χ1) is 4.36. The summed E-state index contributed by atoms with van der Waals surface area (Å²) in [7, 11) is 0. The van der Waals surface area contributed by atoms with Crippen molar-refractivity contribution in [3.63, 3.8) is 0 Å². The number of aryl methyl sites for hydroxylation is 1. The molecule has 0 saturated carbocycles. The normalized spacial score (nSPS) is 24.3. The lowest BCUT2D eigenvalue weighted by Crippen LogP contribution is -1.67. The monoisotopic (exact) mass is 141 g/mol. The Kier molecular flexibility index (Phi) is 1.07. The molecule has 9 heavy (non-hydrogen) atoms. The molecule has 1 aliphatic rings. The van der Waals surface area contributed by atoms with Crippen LogP contribution in [0.15, 0.2) is 6.20 Å². The highest BCUT2D eigenvalue weighted by Crippen LogP contribution is 2.33. The summed E-state index contributed by atoms with van der Waals surface area (Å²) in [6, 6.07) is 0. The Morgan fingerprint density at radius 3 is 3.11 bits per heavy atom. The van der Waals surface area contributed by atoms with Crippen LogP contribution in [0.4, 0.5) is 0 Å². The number of hydrogen-bond acceptors (Lipinski definition) is 3. The smallest absolute Gasteiger partial charge is 0.117 e. The van der Waals surface area contributed by atoms with Crippen LogP contribution >= 0.6 is 11.3 Å². The molecule has 1 atom stereocenters. The van der Waals surface area contributed by atoms with Crippen molar-refractivity contribution in [1.82, 2.24) is 4.98 Å². The zero-order valence-electron chi connectivity index (χ0n) is 5.13. The van der Waals surface area contributed by atoms with Gasteiger partial charge in [0.2, 0.25) is 0 Å². The molecule has 0 radical (unpaired) electrons. The predicted molar refractivity (Wildman–Crippen MR) is 35.5 cm³/mol. The highest BCUT2D eigenvalue weighted by molar-refractivity contribution is 7.11. The molecule has 0 spiro atoms. The maximum Gasteiger partial charge on any atom is 0.117 e. The van der Waals surface area contributed by atoms with Crippen LogP contribution in [0.3, 0.4) is 0 Å². The van der Waals surface area contributed by atoms with Gasteiger partial charge in [0.1, 0.15) is 6.10 Å². The van der Waals surface area contributed by atoms with E-state index in [1.54, 1.807) is 11.3 Å². The minimum Gasteiger partial charge on any atom is -0.367 e. The molecule has 0 aliphatic carbocycles. The number of aromatic nitrogens is 1. The molecule has 1 aromatic heterocycles. The largest absolute Gasteiger partial charge is 0.367 e. The molecule has 48 valence electrons. The number of ether oxygens (including phenoxy) is 1. The van der Waals surface area contributed by atoms with Gasteiger partial charge in [0, 0.05) is 6.20 Å². The molecule has 1 aromatic rings. The highest BCUT2D eigenvalue weighted by atomic mass is 32.1. The van der Waals surface area contributed by atoms with Gasteiger partial charge in [-0.15, -0.1) is 11.3 Å². The average molecular weight is 141 g/mol. The third-order valence-electron chi connectivity index (χ3n) is 1.29. The van der Waals surface area contributed by atoms with E-state index >= 15 is 0 Å². The zero-order chi connectivity index (χ0) is 6.27. The molecular weight excluding hydrogens is 134 g/mol. The molecule has 2 nitrogen and oxygen atoms in total. The van der Waals surface area contributed by atoms with Crippen LogP contribution in [0, 0.1) is 6.92 Å². The molecule has 3 heteroatoms. The predicted octanol–water partition coefficient (Wildman–Crippen LogP) is 1.52. The van der Waals surface area contributed by atoms with Gasteiger partial charge in [-0.2, -0.15) is 0 Å².